The van der Waals surface area contributed by atoms with E-state index < -0.39 is 0 Å². The van der Waals surface area contributed by atoms with E-state index in [0.29, 0.717) is 5.41 Å². The zero-order valence-electron chi connectivity index (χ0n) is 7.48. The second-order valence-electron chi connectivity index (χ2n) is 3.37. The van der Waals surface area contributed by atoms with Gasteiger partial charge in [-0.2, -0.15) is 0 Å². The Labute approximate surface area is 64.1 Å². The number of ether oxygens (including phenoxy) is 1. The van der Waals surface area contributed by atoms with Crippen molar-refractivity contribution in [2.45, 2.75) is 27.2 Å². The van der Waals surface area contributed by atoms with Crippen LogP contribution in [0.5, 0.6) is 0 Å². The molecule has 0 saturated heterocycles. The molecular weight excluding hydrogens is 124 g/mol. The lowest BCUT2D eigenvalue weighted by Crippen LogP contribution is -2.16. The lowest BCUT2D eigenvalue weighted by Gasteiger charge is -2.21. The van der Waals surface area contributed by atoms with E-state index in [1.54, 1.807) is 7.11 Å². The van der Waals surface area contributed by atoms with Crippen LogP contribution in [0, 0.1) is 5.41 Å². The molecular formula is C9H18O. The summed E-state index contributed by atoms with van der Waals surface area (Å²) in [5.74, 6) is 0. The van der Waals surface area contributed by atoms with Crippen LogP contribution in [-0.2, 0) is 4.74 Å². The molecule has 0 atom stereocenters. The first-order chi connectivity index (χ1) is 4.62. The minimum Gasteiger partial charge on any atom is -0.384 e. The van der Waals surface area contributed by atoms with E-state index in [0.717, 1.165) is 13.0 Å². The lowest BCUT2D eigenvalue weighted by atomic mass is 9.90. The molecule has 0 aromatic rings. The van der Waals surface area contributed by atoms with Crippen molar-refractivity contribution in [3.8, 4) is 0 Å². The molecule has 0 saturated carbocycles. The van der Waals surface area contributed by atoms with Crippen LogP contribution in [0.1, 0.15) is 27.2 Å². The monoisotopic (exact) mass is 142 g/mol. The van der Waals surface area contributed by atoms with E-state index in [9.17, 15) is 0 Å². The summed E-state index contributed by atoms with van der Waals surface area (Å²) in [4.78, 5) is 0. The van der Waals surface area contributed by atoms with Gasteiger partial charge in [0.2, 0.25) is 0 Å². The molecule has 0 radical (unpaired) electrons. The van der Waals surface area contributed by atoms with E-state index in [-0.39, 0.29) is 0 Å². The van der Waals surface area contributed by atoms with Crippen LogP contribution in [-0.4, -0.2) is 13.7 Å². The van der Waals surface area contributed by atoms with Gasteiger partial charge in [0.05, 0.1) is 6.61 Å². The SMILES string of the molecule is CC=CCC(C)(C)COC. The third kappa shape index (κ3) is 4.57. The summed E-state index contributed by atoms with van der Waals surface area (Å²) in [7, 11) is 1.75. The highest BCUT2D eigenvalue weighted by Gasteiger charge is 2.14. The average molecular weight is 142 g/mol. The Kier molecular flexibility index (Phi) is 4.37. The predicted octanol–water partition coefficient (Wildman–Crippen LogP) is 2.63. The van der Waals surface area contributed by atoms with Gasteiger partial charge in [0, 0.05) is 7.11 Å². The topological polar surface area (TPSA) is 9.23 Å². The van der Waals surface area contributed by atoms with Crippen LogP contribution in [0.25, 0.3) is 0 Å². The molecule has 0 fully saturated rings. The molecule has 0 amide bonds. The minimum absolute atomic E-state index is 0.293. The molecule has 0 aliphatic heterocycles. The summed E-state index contributed by atoms with van der Waals surface area (Å²) in [5, 5.41) is 0. The zero-order valence-corrected chi connectivity index (χ0v) is 7.48. The van der Waals surface area contributed by atoms with Crippen molar-refractivity contribution in [2.24, 2.45) is 5.41 Å². The molecule has 0 rings (SSSR count). The molecule has 0 spiro atoms. The summed E-state index contributed by atoms with van der Waals surface area (Å²) in [6.07, 6.45) is 5.35. The third-order valence-corrected chi connectivity index (χ3v) is 1.44. The molecule has 0 aliphatic carbocycles. The van der Waals surface area contributed by atoms with Crippen molar-refractivity contribution in [3.63, 3.8) is 0 Å². The summed E-state index contributed by atoms with van der Waals surface area (Å²) in [6, 6.07) is 0. The van der Waals surface area contributed by atoms with Crippen molar-refractivity contribution in [1.29, 1.82) is 0 Å². The Balaban J connectivity index is 3.62. The van der Waals surface area contributed by atoms with Gasteiger partial charge in [-0.25, -0.2) is 0 Å². The van der Waals surface area contributed by atoms with Gasteiger partial charge in [-0.1, -0.05) is 26.0 Å². The lowest BCUT2D eigenvalue weighted by molar-refractivity contribution is 0.106. The van der Waals surface area contributed by atoms with Gasteiger partial charge in [-0.15, -0.1) is 0 Å². The van der Waals surface area contributed by atoms with Crippen molar-refractivity contribution in [1.82, 2.24) is 0 Å². The fourth-order valence-corrected chi connectivity index (χ4v) is 0.887. The first-order valence-electron chi connectivity index (χ1n) is 3.72. The highest BCUT2D eigenvalue weighted by atomic mass is 16.5. The molecule has 1 nitrogen and oxygen atoms in total. The summed E-state index contributed by atoms with van der Waals surface area (Å²) in [5.41, 5.74) is 0.293. The van der Waals surface area contributed by atoms with Gasteiger partial charge in [0.25, 0.3) is 0 Å². The molecule has 10 heavy (non-hydrogen) atoms. The second kappa shape index (κ2) is 4.51. The van der Waals surface area contributed by atoms with Crippen LogP contribution in [0.4, 0.5) is 0 Å². The van der Waals surface area contributed by atoms with Crippen molar-refractivity contribution < 1.29 is 4.74 Å². The van der Waals surface area contributed by atoms with Crippen LogP contribution < -0.4 is 0 Å². The number of hydrogen-bond donors (Lipinski definition) is 0. The van der Waals surface area contributed by atoms with Gasteiger partial charge in [-0.05, 0) is 18.8 Å². The molecule has 0 aromatic carbocycles. The van der Waals surface area contributed by atoms with Crippen molar-refractivity contribution in [3.05, 3.63) is 12.2 Å². The minimum atomic E-state index is 0.293. The normalized spacial score (nSPS) is 12.8. The number of rotatable bonds is 4. The predicted molar refractivity (Wildman–Crippen MR) is 45.1 cm³/mol. The standard InChI is InChI=1S/C9H18O/c1-5-6-7-9(2,3)8-10-4/h5-6H,7-8H2,1-4H3. The fraction of sp³-hybridized carbons (Fsp3) is 0.778. The molecule has 0 aliphatic rings. The average Bonchev–Trinajstić information content (AvgIpc) is 1.84. The highest BCUT2D eigenvalue weighted by molar-refractivity contribution is 4.84. The highest BCUT2D eigenvalue weighted by Crippen LogP contribution is 2.20. The summed E-state index contributed by atoms with van der Waals surface area (Å²) >= 11 is 0. The largest absolute Gasteiger partial charge is 0.384 e. The molecule has 0 heterocycles. The number of methoxy groups -OCH3 is 1. The van der Waals surface area contributed by atoms with Crippen LogP contribution in [0.15, 0.2) is 12.2 Å². The fourth-order valence-electron chi connectivity index (χ4n) is 0.887. The maximum absolute atomic E-state index is 5.07. The second-order valence-corrected chi connectivity index (χ2v) is 3.37. The van der Waals surface area contributed by atoms with E-state index in [2.05, 4.69) is 26.0 Å². The van der Waals surface area contributed by atoms with Gasteiger partial charge >= 0.3 is 0 Å². The maximum Gasteiger partial charge on any atom is 0.0516 e. The zero-order chi connectivity index (χ0) is 8.04. The molecule has 0 N–H and O–H groups in total. The first kappa shape index (κ1) is 9.70. The molecule has 0 aromatic heterocycles. The molecule has 60 valence electrons. The Morgan fingerprint density at radius 3 is 2.40 bits per heavy atom. The third-order valence-electron chi connectivity index (χ3n) is 1.44. The van der Waals surface area contributed by atoms with Crippen LogP contribution in [0.2, 0.25) is 0 Å². The maximum atomic E-state index is 5.07. The van der Waals surface area contributed by atoms with E-state index in [1.165, 1.54) is 0 Å². The van der Waals surface area contributed by atoms with E-state index >= 15 is 0 Å². The Bertz CT molecular complexity index is 103. The van der Waals surface area contributed by atoms with E-state index in [4.69, 9.17) is 4.74 Å². The number of allylic oxidation sites excluding steroid dienone is 2. The molecule has 0 unspecified atom stereocenters. The van der Waals surface area contributed by atoms with Gasteiger partial charge < -0.3 is 4.74 Å². The Morgan fingerprint density at radius 1 is 1.40 bits per heavy atom. The van der Waals surface area contributed by atoms with Crippen LogP contribution in [0.3, 0.4) is 0 Å². The molecule has 0 bridgehead atoms. The van der Waals surface area contributed by atoms with Gasteiger partial charge in [-0.3, -0.25) is 0 Å². The molecule has 1 heteroatoms. The first-order valence-corrected chi connectivity index (χ1v) is 3.72. The quantitative estimate of drug-likeness (QED) is 0.548. The number of hydrogen-bond acceptors (Lipinski definition) is 1. The Hall–Kier alpha value is -0.300. The van der Waals surface area contributed by atoms with Crippen molar-refractivity contribution in [2.75, 3.05) is 13.7 Å². The van der Waals surface area contributed by atoms with Gasteiger partial charge in [0.1, 0.15) is 0 Å². The summed E-state index contributed by atoms with van der Waals surface area (Å²) < 4.78 is 5.07. The van der Waals surface area contributed by atoms with Gasteiger partial charge in [0.15, 0.2) is 0 Å². The van der Waals surface area contributed by atoms with Crippen LogP contribution >= 0.6 is 0 Å². The summed E-state index contributed by atoms with van der Waals surface area (Å²) in [6.45, 7) is 7.28. The smallest absolute Gasteiger partial charge is 0.0516 e. The Morgan fingerprint density at radius 2 is 2.00 bits per heavy atom. The van der Waals surface area contributed by atoms with Crippen molar-refractivity contribution >= 4 is 0 Å². The van der Waals surface area contributed by atoms with E-state index in [1.807, 2.05) is 6.92 Å².